The zero-order valence-electron chi connectivity index (χ0n) is 13.6. The quantitative estimate of drug-likeness (QED) is 0.783. The average Bonchev–Trinajstić information content (AvgIpc) is 3.17. The van der Waals surface area contributed by atoms with Gasteiger partial charge in [0.15, 0.2) is 0 Å². The van der Waals surface area contributed by atoms with E-state index in [9.17, 15) is 13.2 Å². The number of carbonyl (C=O) groups is 1. The van der Waals surface area contributed by atoms with Crippen LogP contribution in [0.3, 0.4) is 0 Å². The first kappa shape index (κ1) is 17.9. The van der Waals surface area contributed by atoms with Crippen LogP contribution in [-0.2, 0) is 14.8 Å². The van der Waals surface area contributed by atoms with Crippen LogP contribution in [-0.4, -0.2) is 42.5 Å². The summed E-state index contributed by atoms with van der Waals surface area (Å²) in [5.41, 5.74) is 0.576. The van der Waals surface area contributed by atoms with Gasteiger partial charge in [0.1, 0.15) is 0 Å². The maximum absolute atomic E-state index is 12.5. The fourth-order valence-electron chi connectivity index (χ4n) is 2.56. The van der Waals surface area contributed by atoms with Crippen molar-refractivity contribution in [2.75, 3.05) is 24.2 Å². The summed E-state index contributed by atoms with van der Waals surface area (Å²) in [6, 6.07) is 11.8. The predicted molar refractivity (Wildman–Crippen MR) is 98.0 cm³/mol. The molecule has 0 bridgehead atoms. The van der Waals surface area contributed by atoms with E-state index in [1.54, 1.807) is 18.3 Å². The van der Waals surface area contributed by atoms with Crippen molar-refractivity contribution < 1.29 is 13.2 Å². The van der Waals surface area contributed by atoms with E-state index in [-0.39, 0.29) is 16.6 Å². The summed E-state index contributed by atoms with van der Waals surface area (Å²) in [5, 5.41) is 3.55. The van der Waals surface area contributed by atoms with Crippen molar-refractivity contribution in [3.05, 3.63) is 48.7 Å². The molecule has 1 aliphatic rings. The van der Waals surface area contributed by atoms with Crippen LogP contribution < -0.4 is 5.32 Å². The fraction of sp³-hybridized carbons (Fsp3) is 0.294. The molecule has 0 aliphatic carbocycles. The van der Waals surface area contributed by atoms with Crippen LogP contribution in [0.5, 0.6) is 0 Å². The predicted octanol–water partition coefficient (Wildman–Crippen LogP) is 2.60. The molecule has 1 amide bonds. The van der Waals surface area contributed by atoms with Gasteiger partial charge < -0.3 is 5.32 Å². The molecule has 2 aromatic rings. The topological polar surface area (TPSA) is 79.4 Å². The minimum absolute atomic E-state index is 0.161. The van der Waals surface area contributed by atoms with Crippen molar-refractivity contribution in [1.29, 1.82) is 0 Å². The summed E-state index contributed by atoms with van der Waals surface area (Å²) >= 11 is 1.35. The lowest BCUT2D eigenvalue weighted by molar-refractivity contribution is -0.113. The Bertz CT molecular complexity index is 818. The van der Waals surface area contributed by atoms with Gasteiger partial charge in [-0.1, -0.05) is 17.8 Å². The molecule has 1 aromatic heterocycles. The van der Waals surface area contributed by atoms with Crippen LogP contribution in [0.2, 0.25) is 0 Å². The number of benzene rings is 1. The number of anilines is 1. The summed E-state index contributed by atoms with van der Waals surface area (Å²) in [4.78, 5) is 16.4. The molecule has 0 radical (unpaired) electrons. The van der Waals surface area contributed by atoms with Crippen molar-refractivity contribution in [1.82, 2.24) is 9.29 Å². The Morgan fingerprint density at radius 2 is 1.84 bits per heavy atom. The zero-order valence-corrected chi connectivity index (χ0v) is 15.2. The molecule has 1 fully saturated rings. The highest BCUT2D eigenvalue weighted by atomic mass is 32.2. The number of rotatable bonds is 6. The standard InChI is InChI=1S/C17H19N3O3S2/c21-16(13-24-17-5-1-2-10-18-17)19-14-6-8-15(9-7-14)25(22,23)20-11-3-4-12-20/h1-2,5-10H,3-4,11-13H2,(H,19,21). The highest BCUT2D eigenvalue weighted by molar-refractivity contribution is 7.99. The van der Waals surface area contributed by atoms with E-state index in [0.29, 0.717) is 18.8 Å². The SMILES string of the molecule is O=C(CSc1ccccn1)Nc1ccc(S(=O)(=O)N2CCCC2)cc1. The summed E-state index contributed by atoms with van der Waals surface area (Å²) in [7, 11) is -3.42. The van der Waals surface area contributed by atoms with E-state index < -0.39 is 10.0 Å². The first-order chi connectivity index (χ1) is 12.1. The van der Waals surface area contributed by atoms with E-state index in [0.717, 1.165) is 17.9 Å². The second-order valence-electron chi connectivity index (χ2n) is 5.64. The number of pyridine rings is 1. The van der Waals surface area contributed by atoms with Crippen molar-refractivity contribution in [2.45, 2.75) is 22.8 Å². The molecular formula is C17H19N3O3S2. The fourth-order valence-corrected chi connectivity index (χ4v) is 4.74. The van der Waals surface area contributed by atoms with Crippen molar-refractivity contribution in [3.63, 3.8) is 0 Å². The number of thioether (sulfide) groups is 1. The molecule has 1 aromatic carbocycles. The number of amides is 1. The minimum atomic E-state index is -3.42. The van der Waals surface area contributed by atoms with Crippen LogP contribution >= 0.6 is 11.8 Å². The highest BCUT2D eigenvalue weighted by Gasteiger charge is 2.26. The smallest absolute Gasteiger partial charge is 0.243 e. The third kappa shape index (κ3) is 4.59. The van der Waals surface area contributed by atoms with E-state index in [4.69, 9.17) is 0 Å². The van der Waals surface area contributed by atoms with E-state index in [1.165, 1.54) is 28.2 Å². The van der Waals surface area contributed by atoms with Crippen molar-refractivity contribution >= 4 is 33.4 Å². The second-order valence-corrected chi connectivity index (χ2v) is 8.57. The number of carbonyl (C=O) groups excluding carboxylic acids is 1. The lowest BCUT2D eigenvalue weighted by Crippen LogP contribution is -2.27. The van der Waals surface area contributed by atoms with Gasteiger partial charge in [-0.3, -0.25) is 4.79 Å². The summed E-state index contributed by atoms with van der Waals surface area (Å²) in [5.74, 6) is 0.0796. The number of nitrogens with zero attached hydrogens (tertiary/aromatic N) is 2. The molecule has 25 heavy (non-hydrogen) atoms. The largest absolute Gasteiger partial charge is 0.325 e. The molecule has 8 heteroatoms. The van der Waals surface area contributed by atoms with Crippen LogP contribution in [0.1, 0.15) is 12.8 Å². The lowest BCUT2D eigenvalue weighted by atomic mass is 10.3. The molecule has 3 rings (SSSR count). The number of aromatic nitrogens is 1. The Hall–Kier alpha value is -1.90. The zero-order chi connectivity index (χ0) is 17.7. The van der Waals surface area contributed by atoms with Gasteiger partial charge in [-0.2, -0.15) is 4.31 Å². The monoisotopic (exact) mass is 377 g/mol. The molecule has 0 atom stereocenters. The third-order valence-corrected chi connectivity index (χ3v) is 6.69. The minimum Gasteiger partial charge on any atom is -0.325 e. The van der Waals surface area contributed by atoms with Gasteiger partial charge in [-0.05, 0) is 49.2 Å². The summed E-state index contributed by atoms with van der Waals surface area (Å²) in [6.07, 6.45) is 3.49. The molecule has 1 saturated heterocycles. The summed E-state index contributed by atoms with van der Waals surface area (Å²) in [6.45, 7) is 1.15. The molecular weight excluding hydrogens is 358 g/mol. The average molecular weight is 377 g/mol. The lowest BCUT2D eigenvalue weighted by Gasteiger charge is -2.15. The van der Waals surface area contributed by atoms with Crippen LogP contribution in [0.15, 0.2) is 58.6 Å². The molecule has 0 spiro atoms. The number of hydrogen-bond donors (Lipinski definition) is 1. The molecule has 2 heterocycles. The number of sulfonamides is 1. The van der Waals surface area contributed by atoms with E-state index >= 15 is 0 Å². The normalized spacial score (nSPS) is 15.2. The third-order valence-electron chi connectivity index (χ3n) is 3.83. The Morgan fingerprint density at radius 3 is 2.48 bits per heavy atom. The Morgan fingerprint density at radius 1 is 1.12 bits per heavy atom. The Balaban J connectivity index is 1.58. The van der Waals surface area contributed by atoms with Gasteiger partial charge >= 0.3 is 0 Å². The summed E-state index contributed by atoms with van der Waals surface area (Å²) < 4.78 is 26.4. The molecule has 132 valence electrons. The first-order valence-electron chi connectivity index (χ1n) is 7.99. The maximum atomic E-state index is 12.5. The molecule has 1 aliphatic heterocycles. The van der Waals surface area contributed by atoms with Gasteiger partial charge in [0.05, 0.1) is 15.7 Å². The Kier molecular flexibility index (Phi) is 5.72. The van der Waals surface area contributed by atoms with Crippen molar-refractivity contribution in [2.24, 2.45) is 0 Å². The van der Waals surface area contributed by atoms with Gasteiger partial charge in [-0.25, -0.2) is 13.4 Å². The van der Waals surface area contributed by atoms with Gasteiger partial charge in [0, 0.05) is 25.0 Å². The Labute approximate surface area is 151 Å². The van der Waals surface area contributed by atoms with Gasteiger partial charge in [0.2, 0.25) is 15.9 Å². The first-order valence-corrected chi connectivity index (χ1v) is 10.4. The molecule has 0 unspecified atom stereocenters. The van der Waals surface area contributed by atoms with Crippen molar-refractivity contribution in [3.8, 4) is 0 Å². The molecule has 1 N–H and O–H groups in total. The van der Waals surface area contributed by atoms with Gasteiger partial charge in [0.25, 0.3) is 0 Å². The second kappa shape index (κ2) is 7.99. The van der Waals surface area contributed by atoms with E-state index in [1.807, 2.05) is 18.2 Å². The van der Waals surface area contributed by atoms with Gasteiger partial charge in [-0.15, -0.1) is 0 Å². The van der Waals surface area contributed by atoms with E-state index in [2.05, 4.69) is 10.3 Å². The number of nitrogens with one attached hydrogen (secondary N) is 1. The maximum Gasteiger partial charge on any atom is 0.243 e. The van der Waals surface area contributed by atoms with Crippen LogP contribution in [0, 0.1) is 0 Å². The highest BCUT2D eigenvalue weighted by Crippen LogP contribution is 2.22. The van der Waals surface area contributed by atoms with Crippen LogP contribution in [0.4, 0.5) is 5.69 Å². The molecule has 0 saturated carbocycles. The van der Waals surface area contributed by atoms with Crippen LogP contribution in [0.25, 0.3) is 0 Å². The number of hydrogen-bond acceptors (Lipinski definition) is 5. The molecule has 6 nitrogen and oxygen atoms in total.